The molecule has 3 aliphatic heterocycles. The fourth-order valence-electron chi connectivity index (χ4n) is 6.67. The smallest absolute Gasteiger partial charge is 0.251 e. The summed E-state index contributed by atoms with van der Waals surface area (Å²) in [6, 6.07) is 6.42. The van der Waals surface area contributed by atoms with E-state index in [-0.39, 0.29) is 36.2 Å². The van der Waals surface area contributed by atoms with Crippen molar-refractivity contribution >= 4 is 23.3 Å². The van der Waals surface area contributed by atoms with Gasteiger partial charge in [0.2, 0.25) is 5.91 Å². The van der Waals surface area contributed by atoms with Crippen LogP contribution in [0.15, 0.2) is 24.3 Å². The van der Waals surface area contributed by atoms with Gasteiger partial charge in [-0.3, -0.25) is 19.3 Å². The van der Waals surface area contributed by atoms with Gasteiger partial charge in [0.25, 0.3) is 5.91 Å². The Morgan fingerprint density at radius 3 is 2.45 bits per heavy atom. The summed E-state index contributed by atoms with van der Waals surface area (Å²) < 4.78 is 11.2. The van der Waals surface area contributed by atoms with Gasteiger partial charge in [-0.15, -0.1) is 0 Å². The Morgan fingerprint density at radius 2 is 1.79 bits per heavy atom. The molecule has 2 amide bonds. The van der Waals surface area contributed by atoms with Gasteiger partial charge >= 0.3 is 0 Å². The first-order valence-corrected chi connectivity index (χ1v) is 14.4. The van der Waals surface area contributed by atoms with Crippen LogP contribution in [0.25, 0.3) is 0 Å². The average Bonchev–Trinajstić information content (AvgIpc) is 3.52. The number of ether oxygens (including phenoxy) is 2. The van der Waals surface area contributed by atoms with Crippen LogP contribution in [0.5, 0.6) is 0 Å². The first-order chi connectivity index (χ1) is 18.5. The van der Waals surface area contributed by atoms with Crippen molar-refractivity contribution in [2.75, 3.05) is 57.9 Å². The van der Waals surface area contributed by atoms with Crippen LogP contribution in [0, 0.1) is 5.92 Å². The third-order valence-corrected chi connectivity index (χ3v) is 8.80. The van der Waals surface area contributed by atoms with Crippen molar-refractivity contribution in [2.24, 2.45) is 5.92 Å². The predicted molar refractivity (Wildman–Crippen MR) is 144 cm³/mol. The number of fused-ring (bicyclic) bond motifs is 1. The number of carbonyl (C=O) groups excluding carboxylic acids is 3. The highest BCUT2D eigenvalue weighted by atomic mass is 16.5. The van der Waals surface area contributed by atoms with Crippen LogP contribution < -0.4 is 10.2 Å². The number of anilines is 1. The Labute approximate surface area is 225 Å². The second-order valence-electron chi connectivity index (χ2n) is 11.2. The Hall–Kier alpha value is -2.49. The molecule has 3 saturated heterocycles. The van der Waals surface area contributed by atoms with Crippen molar-refractivity contribution < 1.29 is 23.9 Å². The van der Waals surface area contributed by atoms with Crippen LogP contribution in [0.3, 0.4) is 0 Å². The normalized spacial score (nSPS) is 27.4. The highest BCUT2D eigenvalue weighted by Crippen LogP contribution is 2.33. The van der Waals surface area contributed by atoms with Crippen LogP contribution in [-0.2, 0) is 19.1 Å². The molecule has 9 heteroatoms. The summed E-state index contributed by atoms with van der Waals surface area (Å²) in [6.07, 6.45) is 5.40. The summed E-state index contributed by atoms with van der Waals surface area (Å²) >= 11 is 0. The zero-order chi connectivity index (χ0) is 26.6. The summed E-state index contributed by atoms with van der Waals surface area (Å²) in [5, 5.41) is 3.08. The molecule has 5 rings (SSSR count). The van der Waals surface area contributed by atoms with Gasteiger partial charge < -0.3 is 24.6 Å². The van der Waals surface area contributed by atoms with E-state index in [1.807, 2.05) is 24.3 Å². The molecule has 0 radical (unpaired) electrons. The minimum absolute atomic E-state index is 0.000566. The zero-order valence-electron chi connectivity index (χ0n) is 22.8. The number of methoxy groups -OCH3 is 1. The molecule has 4 fully saturated rings. The minimum atomic E-state index is -0.668. The first kappa shape index (κ1) is 27.1. The number of Topliss-reactive ketones (excluding diaryl/α,β-unsaturated/α-hetero) is 1. The molecule has 1 saturated carbocycles. The average molecular weight is 527 g/mol. The zero-order valence-corrected chi connectivity index (χ0v) is 22.8. The summed E-state index contributed by atoms with van der Waals surface area (Å²) in [5.74, 6) is -0.486. The van der Waals surface area contributed by atoms with Crippen molar-refractivity contribution in [3.63, 3.8) is 0 Å². The Morgan fingerprint density at radius 1 is 1.08 bits per heavy atom. The fourth-order valence-corrected chi connectivity index (χ4v) is 6.67. The molecule has 0 unspecified atom stereocenters. The Balaban J connectivity index is 1.28. The predicted octanol–water partition coefficient (Wildman–Crippen LogP) is 2.09. The van der Waals surface area contributed by atoms with Crippen molar-refractivity contribution in [3.8, 4) is 0 Å². The van der Waals surface area contributed by atoms with Crippen molar-refractivity contribution in [1.29, 1.82) is 0 Å². The largest absolute Gasteiger partial charge is 0.377 e. The molecule has 1 aromatic carbocycles. The lowest BCUT2D eigenvalue weighted by Gasteiger charge is -2.36. The van der Waals surface area contributed by atoms with Gasteiger partial charge in [0.1, 0.15) is 30.9 Å². The molecule has 38 heavy (non-hydrogen) atoms. The molecule has 208 valence electrons. The maximum atomic E-state index is 13.9. The van der Waals surface area contributed by atoms with Gasteiger partial charge in [-0.05, 0) is 56.0 Å². The van der Waals surface area contributed by atoms with Gasteiger partial charge in [0.05, 0.1) is 6.54 Å². The molecular formula is C29H42N4O5. The summed E-state index contributed by atoms with van der Waals surface area (Å²) in [5.41, 5.74) is 1.66. The summed E-state index contributed by atoms with van der Waals surface area (Å²) in [4.78, 5) is 46.4. The molecule has 4 atom stereocenters. The second kappa shape index (κ2) is 12.1. The molecule has 1 aromatic rings. The van der Waals surface area contributed by atoms with E-state index in [0.717, 1.165) is 70.5 Å². The third kappa shape index (κ3) is 5.60. The van der Waals surface area contributed by atoms with Crippen molar-refractivity contribution in [2.45, 2.75) is 69.7 Å². The number of amides is 2. The van der Waals surface area contributed by atoms with E-state index in [4.69, 9.17) is 9.47 Å². The van der Waals surface area contributed by atoms with E-state index in [9.17, 15) is 14.4 Å². The van der Waals surface area contributed by atoms with Crippen molar-refractivity contribution in [1.82, 2.24) is 15.1 Å². The molecule has 0 aromatic heterocycles. The molecular weight excluding hydrogens is 484 g/mol. The first-order valence-electron chi connectivity index (χ1n) is 14.4. The molecule has 1 N–H and O–H groups in total. The Kier molecular flexibility index (Phi) is 8.65. The highest BCUT2D eigenvalue weighted by molar-refractivity contribution is 5.99. The van der Waals surface area contributed by atoms with Crippen LogP contribution >= 0.6 is 0 Å². The lowest BCUT2D eigenvalue weighted by molar-refractivity contribution is -0.139. The van der Waals surface area contributed by atoms with Gasteiger partial charge in [-0.25, -0.2) is 0 Å². The van der Waals surface area contributed by atoms with E-state index in [2.05, 4.69) is 22.0 Å². The van der Waals surface area contributed by atoms with Gasteiger partial charge in [-0.2, -0.15) is 0 Å². The molecule has 0 bridgehead atoms. The lowest BCUT2D eigenvalue weighted by atomic mass is 9.83. The minimum Gasteiger partial charge on any atom is -0.377 e. The quantitative estimate of drug-likeness (QED) is 0.555. The number of rotatable bonds is 8. The van der Waals surface area contributed by atoms with E-state index in [1.54, 1.807) is 12.0 Å². The maximum absolute atomic E-state index is 13.9. The molecule has 0 spiro atoms. The van der Waals surface area contributed by atoms with Gasteiger partial charge in [-0.1, -0.05) is 26.2 Å². The number of ketones is 1. The number of nitrogens with one attached hydrogen (secondary N) is 1. The third-order valence-electron chi connectivity index (χ3n) is 8.80. The Bertz CT molecular complexity index is 987. The van der Waals surface area contributed by atoms with E-state index in [1.165, 1.54) is 6.42 Å². The standard InChI is InChI=1S/C29H42N4O5/c1-3-13-31-14-16-32(17-15-31)22-11-9-21(10-12-22)28(35)30-25(20-7-5-4-6-8-20)29(36)33-18-24(37-2)27-26(33)23(34)19-38-27/h9-12,20,24-27H,3-8,13-19H2,1-2H3,(H,30,35)/t24-,25-,26+,27+/m0/s1. The van der Waals surface area contributed by atoms with E-state index < -0.39 is 18.2 Å². The maximum Gasteiger partial charge on any atom is 0.251 e. The van der Waals surface area contributed by atoms with Gasteiger partial charge in [0.15, 0.2) is 5.78 Å². The van der Waals surface area contributed by atoms with E-state index >= 15 is 0 Å². The summed E-state index contributed by atoms with van der Waals surface area (Å²) in [7, 11) is 1.58. The topological polar surface area (TPSA) is 91.4 Å². The molecule has 9 nitrogen and oxygen atoms in total. The number of piperazine rings is 1. The highest BCUT2D eigenvalue weighted by Gasteiger charge is 2.54. The molecule has 3 heterocycles. The number of hydrogen-bond acceptors (Lipinski definition) is 7. The second-order valence-corrected chi connectivity index (χ2v) is 11.2. The number of nitrogens with zero attached hydrogens (tertiary/aromatic N) is 3. The van der Waals surface area contributed by atoms with Crippen LogP contribution in [0.2, 0.25) is 0 Å². The number of carbonyl (C=O) groups is 3. The monoisotopic (exact) mass is 526 g/mol. The molecule has 4 aliphatic rings. The van der Waals surface area contributed by atoms with Crippen molar-refractivity contribution in [3.05, 3.63) is 29.8 Å². The fraction of sp³-hybridized carbons (Fsp3) is 0.690. The van der Waals surface area contributed by atoms with Gasteiger partial charge in [0, 0.05) is 44.5 Å². The number of hydrogen-bond donors (Lipinski definition) is 1. The SMILES string of the molecule is CCCN1CCN(c2ccc(C(=O)N[C@H](C(=O)N3C[C@H](OC)[C@H]4OCC(=O)[C@H]43)C3CCCCC3)cc2)CC1. The van der Waals surface area contributed by atoms with Crippen LogP contribution in [-0.4, -0.2) is 105 Å². The summed E-state index contributed by atoms with van der Waals surface area (Å²) in [6.45, 7) is 7.71. The lowest BCUT2D eigenvalue weighted by Crippen LogP contribution is -2.55. The van der Waals surface area contributed by atoms with Crippen LogP contribution in [0.1, 0.15) is 55.8 Å². The van der Waals surface area contributed by atoms with E-state index in [0.29, 0.717) is 12.1 Å². The van der Waals surface area contributed by atoms with Crippen LogP contribution in [0.4, 0.5) is 5.69 Å². The number of benzene rings is 1. The number of likely N-dealkylation sites (tertiary alicyclic amines) is 1. The molecule has 1 aliphatic carbocycles.